The van der Waals surface area contributed by atoms with Gasteiger partial charge in [-0.25, -0.2) is 0 Å². The Bertz CT molecular complexity index is 847. The van der Waals surface area contributed by atoms with Crippen LogP contribution in [0.4, 0.5) is 0 Å². The number of nitrogens with one attached hydrogen (secondary N) is 1. The molecule has 5 heteroatoms. The van der Waals surface area contributed by atoms with Crippen molar-refractivity contribution in [1.29, 1.82) is 0 Å². The molecule has 0 saturated heterocycles. The van der Waals surface area contributed by atoms with Gasteiger partial charge in [0.15, 0.2) is 6.61 Å². The van der Waals surface area contributed by atoms with Crippen LogP contribution in [-0.2, 0) is 16.1 Å². The second-order valence-electron chi connectivity index (χ2n) is 7.84. The number of aryl methyl sites for hydroxylation is 2. The molecule has 0 radical (unpaired) electrons. The van der Waals surface area contributed by atoms with E-state index in [2.05, 4.69) is 11.4 Å². The molecular weight excluding hydrogens is 364 g/mol. The Labute approximate surface area is 174 Å². The van der Waals surface area contributed by atoms with Crippen LogP contribution in [0, 0.1) is 20.8 Å². The molecule has 0 fully saturated rings. The minimum Gasteiger partial charge on any atom is -0.483 e. The summed E-state index contributed by atoms with van der Waals surface area (Å²) >= 11 is 0. The van der Waals surface area contributed by atoms with Crippen LogP contribution in [-0.4, -0.2) is 35.4 Å². The minimum atomic E-state index is -0.603. The maximum Gasteiger partial charge on any atom is 0.261 e. The summed E-state index contributed by atoms with van der Waals surface area (Å²) in [5, 5.41) is 2.89. The first kappa shape index (κ1) is 22.5. The highest BCUT2D eigenvalue weighted by atomic mass is 16.5. The molecule has 29 heavy (non-hydrogen) atoms. The van der Waals surface area contributed by atoms with Crippen LogP contribution >= 0.6 is 0 Å². The molecule has 5 nitrogen and oxygen atoms in total. The van der Waals surface area contributed by atoms with Gasteiger partial charge < -0.3 is 15.0 Å². The van der Waals surface area contributed by atoms with Crippen molar-refractivity contribution in [2.24, 2.45) is 0 Å². The van der Waals surface area contributed by atoms with Gasteiger partial charge in [0.05, 0.1) is 0 Å². The summed E-state index contributed by atoms with van der Waals surface area (Å²) in [6, 6.07) is 13.1. The quantitative estimate of drug-likeness (QED) is 0.735. The summed E-state index contributed by atoms with van der Waals surface area (Å²) < 4.78 is 5.87. The van der Waals surface area contributed by atoms with E-state index in [-0.39, 0.29) is 24.5 Å². The minimum absolute atomic E-state index is 0.00722. The van der Waals surface area contributed by atoms with Gasteiger partial charge in [-0.1, -0.05) is 36.4 Å². The van der Waals surface area contributed by atoms with E-state index in [0.29, 0.717) is 12.3 Å². The number of ether oxygens (including phenoxy) is 1. The molecule has 0 aliphatic carbocycles. The lowest BCUT2D eigenvalue weighted by molar-refractivity contribution is -0.142. The number of carbonyl (C=O) groups excluding carboxylic acids is 2. The molecule has 0 spiro atoms. The first-order valence-electron chi connectivity index (χ1n) is 10.0. The van der Waals surface area contributed by atoms with Gasteiger partial charge in [-0.15, -0.1) is 0 Å². The van der Waals surface area contributed by atoms with E-state index in [1.807, 2.05) is 71.0 Å². The fraction of sp³-hybridized carbons (Fsp3) is 0.417. The van der Waals surface area contributed by atoms with E-state index in [0.717, 1.165) is 22.3 Å². The Morgan fingerprint density at radius 1 is 1.03 bits per heavy atom. The van der Waals surface area contributed by atoms with Crippen LogP contribution in [0.15, 0.2) is 42.5 Å². The molecule has 0 aliphatic rings. The predicted molar refractivity (Wildman–Crippen MR) is 116 cm³/mol. The lowest BCUT2D eigenvalue weighted by atomic mass is 10.1. The van der Waals surface area contributed by atoms with E-state index >= 15 is 0 Å². The van der Waals surface area contributed by atoms with Crippen LogP contribution in [0.2, 0.25) is 0 Å². The Balaban J connectivity index is 2.18. The van der Waals surface area contributed by atoms with E-state index < -0.39 is 6.04 Å². The maximum absolute atomic E-state index is 13.1. The van der Waals surface area contributed by atoms with Gasteiger partial charge in [-0.2, -0.15) is 0 Å². The van der Waals surface area contributed by atoms with Crippen molar-refractivity contribution in [2.45, 2.75) is 60.2 Å². The van der Waals surface area contributed by atoms with E-state index in [4.69, 9.17) is 4.74 Å². The molecule has 1 atom stereocenters. The summed E-state index contributed by atoms with van der Waals surface area (Å²) in [5.74, 6) is 0.306. The molecule has 2 aromatic rings. The van der Waals surface area contributed by atoms with Crippen molar-refractivity contribution in [3.8, 4) is 5.75 Å². The van der Waals surface area contributed by atoms with Gasteiger partial charge in [-0.05, 0) is 69.9 Å². The van der Waals surface area contributed by atoms with Gasteiger partial charge in [0.1, 0.15) is 11.8 Å². The topological polar surface area (TPSA) is 58.6 Å². The fourth-order valence-electron chi connectivity index (χ4n) is 3.14. The van der Waals surface area contributed by atoms with Crippen LogP contribution in [0.5, 0.6) is 5.75 Å². The van der Waals surface area contributed by atoms with Crippen molar-refractivity contribution in [1.82, 2.24) is 10.2 Å². The first-order chi connectivity index (χ1) is 13.7. The van der Waals surface area contributed by atoms with Crippen LogP contribution in [0.3, 0.4) is 0 Å². The van der Waals surface area contributed by atoms with Gasteiger partial charge >= 0.3 is 0 Å². The standard InChI is InChI=1S/C24H32N2O3/c1-16(2)25-24(28)20(6)26(14-21-10-8-7-9-11-21)23(27)15-29-22-13-17(3)12-18(4)19(22)5/h7-13,16,20H,14-15H2,1-6H3,(H,25,28). The largest absolute Gasteiger partial charge is 0.483 e. The normalized spacial score (nSPS) is 11.8. The molecule has 1 N–H and O–H groups in total. The number of rotatable bonds is 8. The average Bonchev–Trinajstić information content (AvgIpc) is 2.67. The molecule has 0 bridgehead atoms. The van der Waals surface area contributed by atoms with Crippen LogP contribution in [0.1, 0.15) is 43.0 Å². The summed E-state index contributed by atoms with van der Waals surface area (Å²) in [7, 11) is 0. The number of hydrogen-bond donors (Lipinski definition) is 1. The Morgan fingerprint density at radius 3 is 2.31 bits per heavy atom. The van der Waals surface area contributed by atoms with Gasteiger partial charge in [0.25, 0.3) is 5.91 Å². The zero-order valence-corrected chi connectivity index (χ0v) is 18.3. The van der Waals surface area contributed by atoms with Crippen LogP contribution in [0.25, 0.3) is 0 Å². The molecule has 2 amide bonds. The van der Waals surface area contributed by atoms with Crippen molar-refractivity contribution >= 4 is 11.8 Å². The van der Waals surface area contributed by atoms with E-state index in [9.17, 15) is 9.59 Å². The van der Waals surface area contributed by atoms with Crippen molar-refractivity contribution in [2.75, 3.05) is 6.61 Å². The summed E-state index contributed by atoms with van der Waals surface area (Å²) in [6.07, 6.45) is 0. The van der Waals surface area contributed by atoms with Crippen molar-refractivity contribution in [3.63, 3.8) is 0 Å². The zero-order chi connectivity index (χ0) is 21.6. The highest BCUT2D eigenvalue weighted by Crippen LogP contribution is 2.23. The Kier molecular flexibility index (Phi) is 7.82. The first-order valence-corrected chi connectivity index (χ1v) is 10.0. The summed E-state index contributed by atoms with van der Waals surface area (Å²) in [6.45, 7) is 11.8. The summed E-state index contributed by atoms with van der Waals surface area (Å²) in [4.78, 5) is 27.2. The third kappa shape index (κ3) is 6.34. The fourth-order valence-corrected chi connectivity index (χ4v) is 3.14. The second kappa shape index (κ2) is 10.1. The number of amides is 2. The number of benzene rings is 2. The molecule has 0 aliphatic heterocycles. The molecular formula is C24H32N2O3. The molecule has 2 aromatic carbocycles. The lowest BCUT2D eigenvalue weighted by Gasteiger charge is -2.29. The third-order valence-corrected chi connectivity index (χ3v) is 4.91. The number of hydrogen-bond acceptors (Lipinski definition) is 3. The Morgan fingerprint density at radius 2 is 1.69 bits per heavy atom. The monoisotopic (exact) mass is 396 g/mol. The van der Waals surface area contributed by atoms with Gasteiger partial charge in [-0.3, -0.25) is 9.59 Å². The van der Waals surface area contributed by atoms with E-state index in [1.54, 1.807) is 11.8 Å². The predicted octanol–water partition coefficient (Wildman–Crippen LogP) is 3.93. The van der Waals surface area contributed by atoms with Gasteiger partial charge in [0, 0.05) is 12.6 Å². The lowest BCUT2D eigenvalue weighted by Crippen LogP contribution is -2.50. The van der Waals surface area contributed by atoms with Crippen molar-refractivity contribution < 1.29 is 14.3 Å². The number of nitrogens with zero attached hydrogens (tertiary/aromatic N) is 1. The molecule has 156 valence electrons. The smallest absolute Gasteiger partial charge is 0.261 e. The SMILES string of the molecule is Cc1cc(C)c(C)c(OCC(=O)N(Cc2ccccc2)C(C)C(=O)NC(C)C)c1. The molecule has 1 unspecified atom stereocenters. The average molecular weight is 397 g/mol. The zero-order valence-electron chi connectivity index (χ0n) is 18.3. The number of carbonyl (C=O) groups is 2. The summed E-state index contributed by atoms with van der Waals surface area (Å²) in [5.41, 5.74) is 4.19. The van der Waals surface area contributed by atoms with Crippen molar-refractivity contribution in [3.05, 3.63) is 64.7 Å². The highest BCUT2D eigenvalue weighted by Gasteiger charge is 2.27. The van der Waals surface area contributed by atoms with E-state index in [1.165, 1.54) is 0 Å². The van der Waals surface area contributed by atoms with Gasteiger partial charge in [0.2, 0.25) is 5.91 Å². The molecule has 0 heterocycles. The second-order valence-corrected chi connectivity index (χ2v) is 7.84. The Hall–Kier alpha value is -2.82. The highest BCUT2D eigenvalue weighted by molar-refractivity contribution is 5.88. The molecule has 2 rings (SSSR count). The molecule has 0 aromatic heterocycles. The van der Waals surface area contributed by atoms with Crippen LogP contribution < -0.4 is 10.1 Å². The molecule has 0 saturated carbocycles. The maximum atomic E-state index is 13.1. The third-order valence-electron chi connectivity index (χ3n) is 4.91.